The van der Waals surface area contributed by atoms with Crippen molar-refractivity contribution in [2.24, 2.45) is 0 Å². The van der Waals surface area contributed by atoms with Gasteiger partial charge in [-0.25, -0.2) is 9.59 Å². The minimum absolute atomic E-state index is 0.0600. The lowest BCUT2D eigenvalue weighted by atomic mass is 10.3. The summed E-state index contributed by atoms with van der Waals surface area (Å²) in [5.41, 5.74) is 0.120. The lowest BCUT2D eigenvalue weighted by Gasteiger charge is -2.08. The summed E-state index contributed by atoms with van der Waals surface area (Å²) in [6, 6.07) is 2.77. The quantitative estimate of drug-likeness (QED) is 0.757. The Morgan fingerprint density at radius 2 is 1.22 bits per heavy atom. The number of ether oxygens (including phenoxy) is 2. The zero-order valence-electron chi connectivity index (χ0n) is 10.8. The maximum Gasteiger partial charge on any atom is 0.359 e. The largest absolute Gasteiger partial charge is 0.458 e. The van der Waals surface area contributed by atoms with E-state index in [-0.39, 0.29) is 23.6 Å². The van der Waals surface area contributed by atoms with Gasteiger partial charge in [-0.05, 0) is 39.8 Å². The van der Waals surface area contributed by atoms with E-state index in [9.17, 15) is 9.59 Å². The molecule has 6 nitrogen and oxygen atoms in total. The Hall–Kier alpha value is -1.98. The van der Waals surface area contributed by atoms with Crippen LogP contribution in [0.5, 0.6) is 0 Å². The van der Waals surface area contributed by atoms with Gasteiger partial charge < -0.3 is 9.47 Å². The molecular weight excluding hydrogens is 236 g/mol. The average Bonchev–Trinajstić information content (AvgIpc) is 2.27. The highest BCUT2D eigenvalue weighted by molar-refractivity contribution is 5.90. The topological polar surface area (TPSA) is 78.4 Å². The number of carbonyl (C=O) groups excluding carboxylic acids is 2. The zero-order chi connectivity index (χ0) is 13.7. The number of rotatable bonds is 4. The van der Waals surface area contributed by atoms with Crippen LogP contribution >= 0.6 is 0 Å². The van der Waals surface area contributed by atoms with Gasteiger partial charge in [0.05, 0.1) is 12.2 Å². The summed E-state index contributed by atoms with van der Waals surface area (Å²) < 4.78 is 9.89. The van der Waals surface area contributed by atoms with Gasteiger partial charge in [-0.2, -0.15) is 0 Å². The van der Waals surface area contributed by atoms with E-state index in [2.05, 4.69) is 10.2 Å². The normalized spacial score (nSPS) is 10.6. The number of nitrogens with zero attached hydrogens (tertiary/aromatic N) is 2. The van der Waals surface area contributed by atoms with Crippen LogP contribution in [0.1, 0.15) is 48.7 Å². The summed E-state index contributed by atoms with van der Waals surface area (Å²) in [6.07, 6.45) is -0.463. The lowest BCUT2D eigenvalue weighted by molar-refractivity contribution is 0.0348. The predicted octanol–water partition coefficient (Wildman–Crippen LogP) is 1.61. The third-order valence-corrected chi connectivity index (χ3v) is 1.77. The Kier molecular flexibility index (Phi) is 4.76. The average molecular weight is 252 g/mol. The predicted molar refractivity (Wildman–Crippen MR) is 63.1 cm³/mol. The van der Waals surface area contributed by atoms with Gasteiger partial charge >= 0.3 is 11.9 Å². The maximum absolute atomic E-state index is 11.5. The van der Waals surface area contributed by atoms with Crippen molar-refractivity contribution >= 4 is 11.9 Å². The van der Waals surface area contributed by atoms with Crippen molar-refractivity contribution in [2.45, 2.75) is 39.9 Å². The van der Waals surface area contributed by atoms with Crippen LogP contribution in [0.3, 0.4) is 0 Å². The lowest BCUT2D eigenvalue weighted by Crippen LogP contribution is -2.17. The van der Waals surface area contributed by atoms with E-state index in [1.165, 1.54) is 12.1 Å². The molecule has 0 aromatic carbocycles. The molecule has 0 N–H and O–H groups in total. The Bertz CT molecular complexity index is 385. The molecule has 0 saturated carbocycles. The first-order chi connectivity index (χ1) is 8.40. The molecule has 0 radical (unpaired) electrons. The molecule has 0 saturated heterocycles. The third-order valence-electron chi connectivity index (χ3n) is 1.77. The first-order valence-electron chi connectivity index (χ1n) is 5.66. The second kappa shape index (κ2) is 6.09. The van der Waals surface area contributed by atoms with Crippen LogP contribution in [0, 0.1) is 0 Å². The van der Waals surface area contributed by atoms with Gasteiger partial charge in [0.1, 0.15) is 0 Å². The molecular formula is C12H16N2O4. The fraction of sp³-hybridized carbons (Fsp3) is 0.500. The van der Waals surface area contributed by atoms with Gasteiger partial charge in [-0.15, -0.1) is 10.2 Å². The molecule has 0 unspecified atom stereocenters. The molecule has 1 aromatic heterocycles. The molecule has 1 heterocycles. The highest BCUT2D eigenvalue weighted by Gasteiger charge is 2.15. The molecule has 98 valence electrons. The van der Waals surface area contributed by atoms with E-state index in [0.29, 0.717) is 0 Å². The molecule has 0 spiro atoms. The van der Waals surface area contributed by atoms with Crippen LogP contribution in [0.4, 0.5) is 0 Å². The van der Waals surface area contributed by atoms with Crippen molar-refractivity contribution in [1.82, 2.24) is 10.2 Å². The van der Waals surface area contributed by atoms with Crippen molar-refractivity contribution in [3.05, 3.63) is 23.5 Å². The first kappa shape index (κ1) is 14.1. The second-order valence-corrected chi connectivity index (χ2v) is 4.21. The molecule has 0 fully saturated rings. The van der Waals surface area contributed by atoms with Gasteiger partial charge in [0, 0.05) is 0 Å². The fourth-order valence-electron chi connectivity index (χ4n) is 1.10. The van der Waals surface area contributed by atoms with Gasteiger partial charge in [-0.1, -0.05) is 0 Å². The number of esters is 2. The highest BCUT2D eigenvalue weighted by atomic mass is 16.5. The maximum atomic E-state index is 11.5. The number of hydrogen-bond donors (Lipinski definition) is 0. The number of aromatic nitrogens is 2. The third kappa shape index (κ3) is 4.12. The molecule has 0 aliphatic carbocycles. The van der Waals surface area contributed by atoms with E-state index < -0.39 is 11.9 Å². The Morgan fingerprint density at radius 3 is 1.44 bits per heavy atom. The van der Waals surface area contributed by atoms with Gasteiger partial charge in [0.15, 0.2) is 11.4 Å². The van der Waals surface area contributed by atoms with E-state index in [1.807, 2.05) is 0 Å². The monoisotopic (exact) mass is 252 g/mol. The van der Waals surface area contributed by atoms with Crippen LogP contribution in [0.2, 0.25) is 0 Å². The van der Waals surface area contributed by atoms with E-state index >= 15 is 0 Å². The Morgan fingerprint density at radius 1 is 0.889 bits per heavy atom. The number of hydrogen-bond acceptors (Lipinski definition) is 6. The molecule has 0 bridgehead atoms. The summed E-state index contributed by atoms with van der Waals surface area (Å²) in [5.74, 6) is -1.14. The van der Waals surface area contributed by atoms with Crippen molar-refractivity contribution in [1.29, 1.82) is 0 Å². The molecule has 0 aliphatic heterocycles. The summed E-state index contributed by atoms with van der Waals surface area (Å²) in [7, 11) is 0. The van der Waals surface area contributed by atoms with Crippen LogP contribution in [0.15, 0.2) is 12.1 Å². The molecule has 1 rings (SSSR count). The van der Waals surface area contributed by atoms with Crippen LogP contribution in [0.25, 0.3) is 0 Å². The van der Waals surface area contributed by atoms with E-state index in [0.717, 1.165) is 0 Å². The smallest absolute Gasteiger partial charge is 0.359 e. The van der Waals surface area contributed by atoms with Crippen LogP contribution in [-0.2, 0) is 9.47 Å². The van der Waals surface area contributed by atoms with Crippen molar-refractivity contribution < 1.29 is 19.1 Å². The first-order valence-corrected chi connectivity index (χ1v) is 5.66. The van der Waals surface area contributed by atoms with Crippen molar-refractivity contribution in [2.75, 3.05) is 0 Å². The Balaban J connectivity index is 2.74. The molecule has 0 aliphatic rings. The summed E-state index contributed by atoms with van der Waals surface area (Å²) in [4.78, 5) is 22.9. The number of carbonyl (C=O) groups is 2. The van der Waals surface area contributed by atoms with Crippen LogP contribution in [-0.4, -0.2) is 34.3 Å². The zero-order valence-corrected chi connectivity index (χ0v) is 10.8. The Labute approximate surface area is 105 Å². The summed E-state index contributed by atoms with van der Waals surface area (Å²) in [6.45, 7) is 6.94. The minimum atomic E-state index is -0.568. The molecule has 6 heteroatoms. The fourth-order valence-corrected chi connectivity index (χ4v) is 1.10. The second-order valence-electron chi connectivity index (χ2n) is 4.21. The highest BCUT2D eigenvalue weighted by Crippen LogP contribution is 2.03. The summed E-state index contributed by atoms with van der Waals surface area (Å²) in [5, 5.41) is 7.27. The minimum Gasteiger partial charge on any atom is -0.458 e. The van der Waals surface area contributed by atoms with E-state index in [1.54, 1.807) is 27.7 Å². The SMILES string of the molecule is CC(C)OC(=O)c1ccc(C(=O)OC(C)C)nn1. The van der Waals surface area contributed by atoms with Gasteiger partial charge in [0.2, 0.25) is 0 Å². The standard InChI is InChI=1S/C12H16N2O4/c1-7(2)17-11(15)9-5-6-10(14-13-9)12(16)18-8(3)4/h5-8H,1-4H3. The molecule has 1 aromatic rings. The molecule has 0 amide bonds. The van der Waals surface area contributed by atoms with Gasteiger partial charge in [-0.3, -0.25) is 0 Å². The molecule has 18 heavy (non-hydrogen) atoms. The van der Waals surface area contributed by atoms with Crippen LogP contribution < -0.4 is 0 Å². The molecule has 0 atom stereocenters. The van der Waals surface area contributed by atoms with Crippen molar-refractivity contribution in [3.8, 4) is 0 Å². The van der Waals surface area contributed by atoms with E-state index in [4.69, 9.17) is 9.47 Å². The van der Waals surface area contributed by atoms with Crippen molar-refractivity contribution in [3.63, 3.8) is 0 Å². The summed E-state index contributed by atoms with van der Waals surface area (Å²) >= 11 is 0. The van der Waals surface area contributed by atoms with Gasteiger partial charge in [0.25, 0.3) is 0 Å².